The highest BCUT2D eigenvalue weighted by Crippen LogP contribution is 2.40. The number of halogens is 12. The zero-order valence-corrected chi connectivity index (χ0v) is 11.9. The number of hydrogen-bond acceptors (Lipinski definition) is 2. The summed E-state index contributed by atoms with van der Waals surface area (Å²) >= 11 is 0. The fourth-order valence-electron chi connectivity index (χ4n) is 0.606. The average molecular weight is 392 g/mol. The summed E-state index contributed by atoms with van der Waals surface area (Å²) in [5.41, 5.74) is 0. The topological polar surface area (TPSA) is 18.5 Å². The Balaban J connectivity index is 0. The van der Waals surface area contributed by atoms with E-state index < -0.39 is 44.0 Å². The van der Waals surface area contributed by atoms with Crippen LogP contribution in [-0.4, -0.2) is 43.7 Å². The summed E-state index contributed by atoms with van der Waals surface area (Å²) in [6.07, 6.45) is -23.6. The minimum atomic E-state index is -5.66. The van der Waals surface area contributed by atoms with Gasteiger partial charge in [-0.2, -0.15) is 35.1 Å². The molecule has 0 aliphatic rings. The summed E-state index contributed by atoms with van der Waals surface area (Å²) in [5.74, 6) is -4.98. The molecule has 0 aliphatic heterocycles. The van der Waals surface area contributed by atoms with Crippen molar-refractivity contribution in [1.82, 2.24) is 0 Å². The van der Waals surface area contributed by atoms with Gasteiger partial charge in [0.25, 0.3) is 0 Å². The lowest BCUT2D eigenvalue weighted by atomic mass is 10.3. The Hall–Kier alpha value is -0.920. The molecule has 0 bridgehead atoms. The molecule has 0 radical (unpaired) electrons. The van der Waals surface area contributed by atoms with E-state index in [1.54, 1.807) is 6.92 Å². The van der Waals surface area contributed by atoms with Gasteiger partial charge < -0.3 is 4.74 Å². The van der Waals surface area contributed by atoms with Gasteiger partial charge in [-0.1, -0.05) is 6.92 Å². The van der Waals surface area contributed by atoms with Gasteiger partial charge in [-0.25, -0.2) is 22.3 Å². The first-order valence-electron chi connectivity index (χ1n) is 5.82. The van der Waals surface area contributed by atoms with Crippen molar-refractivity contribution in [3.8, 4) is 0 Å². The predicted molar refractivity (Wildman–Crippen MR) is 54.8 cm³/mol. The molecule has 14 heteroatoms. The molecule has 0 aromatic carbocycles. The predicted octanol–water partition coefficient (Wildman–Crippen LogP) is 5.38. The van der Waals surface area contributed by atoms with Crippen molar-refractivity contribution in [2.24, 2.45) is 0 Å². The molecule has 0 amide bonds. The van der Waals surface area contributed by atoms with E-state index in [4.69, 9.17) is 0 Å². The first-order valence-corrected chi connectivity index (χ1v) is 5.82. The fourth-order valence-corrected chi connectivity index (χ4v) is 0.606. The molecule has 0 aliphatic carbocycles. The van der Waals surface area contributed by atoms with Crippen LogP contribution in [0.25, 0.3) is 0 Å². The Morgan fingerprint density at radius 3 is 1.38 bits per heavy atom. The maximum Gasteiger partial charge on any atom is 0.423 e. The van der Waals surface area contributed by atoms with E-state index in [0.29, 0.717) is 6.42 Å². The van der Waals surface area contributed by atoms with Crippen molar-refractivity contribution in [1.29, 1.82) is 0 Å². The third kappa shape index (κ3) is 8.80. The zero-order valence-electron chi connectivity index (χ0n) is 11.9. The lowest BCUT2D eigenvalue weighted by Crippen LogP contribution is -2.47. The van der Waals surface area contributed by atoms with E-state index in [1.165, 1.54) is 0 Å². The Labute approximate surface area is 127 Å². The number of hydrogen-bond donors (Lipinski definition) is 0. The summed E-state index contributed by atoms with van der Waals surface area (Å²) in [6.45, 7) is 0.771. The maximum atomic E-state index is 12.0. The van der Waals surface area contributed by atoms with Gasteiger partial charge in [-0.15, -0.1) is 0 Å². The molecule has 0 aromatic rings. The standard InChI is InChI=1S/C5H4F8O.C5H8F4O/c1-3(8,9)5(12,13)14-4(10,11)2(6)7;1-2-3-10-5(8,9)4(6)7/h2H,1H3;4H,2-3H2,1H3. The van der Waals surface area contributed by atoms with Crippen molar-refractivity contribution in [2.75, 3.05) is 6.61 Å². The monoisotopic (exact) mass is 392 g/mol. The molecule has 0 aromatic heterocycles. The second kappa shape index (κ2) is 8.97. The second-order valence-electron chi connectivity index (χ2n) is 4.08. The van der Waals surface area contributed by atoms with Crippen LogP contribution in [0, 0.1) is 0 Å². The van der Waals surface area contributed by atoms with Crippen LogP contribution < -0.4 is 0 Å². The maximum absolute atomic E-state index is 12.0. The van der Waals surface area contributed by atoms with Crippen molar-refractivity contribution in [2.45, 2.75) is 57.4 Å². The van der Waals surface area contributed by atoms with Gasteiger partial charge >= 0.3 is 37.1 Å². The highest BCUT2D eigenvalue weighted by atomic mass is 19.3. The Morgan fingerprint density at radius 2 is 1.12 bits per heavy atom. The summed E-state index contributed by atoms with van der Waals surface area (Å²) in [6, 6.07) is 0. The minimum Gasteiger partial charge on any atom is -0.316 e. The average Bonchev–Trinajstić information content (AvgIpc) is 2.34. The molecular weight excluding hydrogens is 380 g/mol. The largest absolute Gasteiger partial charge is 0.423 e. The summed E-state index contributed by atoms with van der Waals surface area (Å²) in [5, 5.41) is 0. The molecule has 0 rings (SSSR count). The molecule has 0 spiro atoms. The SMILES string of the molecule is CC(F)(F)C(F)(F)OC(F)(F)C(F)F.CCCOC(F)(F)C(F)F. The van der Waals surface area contributed by atoms with Crippen molar-refractivity contribution < 1.29 is 62.2 Å². The fraction of sp³-hybridized carbons (Fsp3) is 1.00. The van der Waals surface area contributed by atoms with E-state index in [0.717, 1.165) is 0 Å². The summed E-state index contributed by atoms with van der Waals surface area (Å²) in [7, 11) is 0. The van der Waals surface area contributed by atoms with Crippen LogP contribution in [0.5, 0.6) is 0 Å². The van der Waals surface area contributed by atoms with Gasteiger partial charge in [0, 0.05) is 6.92 Å². The highest BCUT2D eigenvalue weighted by Gasteiger charge is 2.61. The van der Waals surface area contributed by atoms with E-state index in [-0.39, 0.29) is 6.61 Å². The molecule has 0 fully saturated rings. The highest BCUT2D eigenvalue weighted by molar-refractivity contribution is 4.73. The van der Waals surface area contributed by atoms with E-state index >= 15 is 0 Å². The summed E-state index contributed by atoms with van der Waals surface area (Å²) < 4.78 is 145. The van der Waals surface area contributed by atoms with Crippen LogP contribution >= 0.6 is 0 Å². The van der Waals surface area contributed by atoms with Crippen LogP contribution in [-0.2, 0) is 9.47 Å². The van der Waals surface area contributed by atoms with Gasteiger partial charge in [0.1, 0.15) is 0 Å². The van der Waals surface area contributed by atoms with Gasteiger partial charge in [0.15, 0.2) is 0 Å². The smallest absolute Gasteiger partial charge is 0.316 e. The third-order valence-corrected chi connectivity index (χ3v) is 1.78. The van der Waals surface area contributed by atoms with Crippen LogP contribution in [0.3, 0.4) is 0 Å². The zero-order chi connectivity index (χ0) is 20.0. The second-order valence-corrected chi connectivity index (χ2v) is 4.08. The van der Waals surface area contributed by atoms with Crippen LogP contribution in [0.1, 0.15) is 20.3 Å². The molecule has 0 atom stereocenters. The molecule has 0 unspecified atom stereocenters. The lowest BCUT2D eigenvalue weighted by molar-refractivity contribution is -0.446. The molecule has 148 valence electrons. The van der Waals surface area contributed by atoms with E-state index in [9.17, 15) is 52.7 Å². The molecule has 2 nitrogen and oxygen atoms in total. The van der Waals surface area contributed by atoms with E-state index in [1.807, 2.05) is 0 Å². The Bertz CT molecular complexity index is 352. The van der Waals surface area contributed by atoms with Gasteiger partial charge in [0.05, 0.1) is 6.61 Å². The summed E-state index contributed by atoms with van der Waals surface area (Å²) in [4.78, 5) is 0. The van der Waals surface area contributed by atoms with Gasteiger partial charge in [0.2, 0.25) is 0 Å². The number of alkyl halides is 12. The van der Waals surface area contributed by atoms with Gasteiger partial charge in [-0.3, -0.25) is 0 Å². The van der Waals surface area contributed by atoms with Crippen LogP contribution in [0.4, 0.5) is 52.7 Å². The molecular formula is C10H12F12O2. The minimum absolute atomic E-state index is 0.294. The molecule has 24 heavy (non-hydrogen) atoms. The van der Waals surface area contributed by atoms with Crippen molar-refractivity contribution in [3.63, 3.8) is 0 Å². The number of rotatable bonds is 8. The molecule has 0 heterocycles. The van der Waals surface area contributed by atoms with Crippen LogP contribution in [0.15, 0.2) is 0 Å². The first-order chi connectivity index (χ1) is 10.4. The van der Waals surface area contributed by atoms with E-state index in [2.05, 4.69) is 9.47 Å². The third-order valence-electron chi connectivity index (χ3n) is 1.78. The molecule has 0 saturated heterocycles. The molecule has 0 N–H and O–H groups in total. The first kappa shape index (κ1) is 25.3. The molecule has 0 saturated carbocycles. The Morgan fingerprint density at radius 1 is 0.750 bits per heavy atom. The van der Waals surface area contributed by atoms with Crippen molar-refractivity contribution >= 4 is 0 Å². The number of ether oxygens (including phenoxy) is 2. The quantitative estimate of drug-likeness (QED) is 0.517. The van der Waals surface area contributed by atoms with Gasteiger partial charge in [-0.05, 0) is 6.42 Å². The lowest BCUT2D eigenvalue weighted by Gasteiger charge is -2.26. The van der Waals surface area contributed by atoms with Crippen LogP contribution in [0.2, 0.25) is 0 Å². The Kier molecular flexibility index (Phi) is 9.46. The van der Waals surface area contributed by atoms with Crippen molar-refractivity contribution in [3.05, 3.63) is 0 Å². The normalized spacial score (nSPS) is 14.0.